The number of thioether (sulfide) groups is 2. The molecule has 0 saturated carbocycles. The molecule has 0 bridgehead atoms. The lowest BCUT2D eigenvalue weighted by Crippen LogP contribution is -2.51. The minimum atomic E-state index is 0.692. The van der Waals surface area contributed by atoms with Gasteiger partial charge in [-0.15, -0.1) is 11.8 Å². The third kappa shape index (κ3) is 5.45. The van der Waals surface area contributed by atoms with Gasteiger partial charge in [0.2, 0.25) is 0 Å². The number of fused-ring (bicyclic) bond motifs is 1. The number of hydrogen-bond donors (Lipinski definition) is 1. The van der Waals surface area contributed by atoms with E-state index in [1.807, 2.05) is 12.1 Å². The van der Waals surface area contributed by atoms with Crippen molar-refractivity contribution in [1.29, 1.82) is 0 Å². The first-order valence-corrected chi connectivity index (χ1v) is 13.7. The number of nitrogens with one attached hydrogen (secondary N) is 1. The van der Waals surface area contributed by atoms with Crippen LogP contribution in [0.4, 0.5) is 0 Å². The van der Waals surface area contributed by atoms with Crippen molar-refractivity contribution in [1.82, 2.24) is 14.8 Å². The summed E-state index contributed by atoms with van der Waals surface area (Å²) in [4.78, 5) is 8.72. The molecule has 5 rings (SSSR count). The average Bonchev–Trinajstić information content (AvgIpc) is 3.21. The molecule has 1 aromatic heterocycles. The number of halogens is 1. The van der Waals surface area contributed by atoms with Gasteiger partial charge in [-0.05, 0) is 36.1 Å². The first-order chi connectivity index (χ1) is 15.2. The van der Waals surface area contributed by atoms with Crippen LogP contribution in [-0.2, 0) is 12.8 Å². The Morgan fingerprint density at radius 1 is 0.968 bits per heavy atom. The van der Waals surface area contributed by atoms with Crippen molar-refractivity contribution in [2.45, 2.75) is 23.5 Å². The number of H-pyrrole nitrogens is 1. The molecule has 3 heterocycles. The molecule has 6 heteroatoms. The van der Waals surface area contributed by atoms with Crippen LogP contribution >= 0.6 is 35.1 Å². The van der Waals surface area contributed by atoms with Crippen molar-refractivity contribution >= 4 is 46.0 Å². The van der Waals surface area contributed by atoms with E-state index in [1.54, 1.807) is 0 Å². The molecule has 0 radical (unpaired) electrons. The van der Waals surface area contributed by atoms with Crippen LogP contribution in [0, 0.1) is 0 Å². The number of piperazine rings is 1. The molecule has 3 nitrogen and oxygen atoms in total. The van der Waals surface area contributed by atoms with E-state index in [-0.39, 0.29) is 0 Å². The van der Waals surface area contributed by atoms with E-state index in [9.17, 15) is 0 Å². The fourth-order valence-electron chi connectivity index (χ4n) is 4.66. The molecule has 164 valence electrons. The molecular formula is C25H30ClN3S2. The zero-order chi connectivity index (χ0) is 21.0. The summed E-state index contributed by atoms with van der Waals surface area (Å²) < 4.78 is 0. The van der Waals surface area contributed by atoms with E-state index >= 15 is 0 Å². The van der Waals surface area contributed by atoms with Crippen LogP contribution in [-0.4, -0.2) is 69.6 Å². The van der Waals surface area contributed by atoms with Gasteiger partial charge in [0.1, 0.15) is 0 Å². The zero-order valence-corrected chi connectivity index (χ0v) is 20.2. The van der Waals surface area contributed by atoms with Crippen LogP contribution in [0.3, 0.4) is 0 Å². The normalized spacial score (nSPS) is 23.4. The standard InChI is InChI=1S/C25H30ClN3S2/c26-21-6-7-23-20(16-27-24(23)15-21)8-9-28-10-12-29(13-11-28)25-18-30-22(17-31-25)14-19-4-2-1-3-5-19/h1-7,15-16,22,25,27H,8-14,17-18H2. The molecule has 3 aromatic rings. The van der Waals surface area contributed by atoms with E-state index in [0.29, 0.717) is 5.37 Å². The Balaban J connectivity index is 1.05. The lowest BCUT2D eigenvalue weighted by molar-refractivity contribution is 0.130. The first-order valence-electron chi connectivity index (χ1n) is 11.2. The van der Waals surface area contributed by atoms with Crippen LogP contribution in [0.15, 0.2) is 54.7 Å². The summed E-state index contributed by atoms with van der Waals surface area (Å²) in [6, 6.07) is 17.1. The molecule has 1 N–H and O–H groups in total. The quantitative estimate of drug-likeness (QED) is 0.519. The maximum atomic E-state index is 6.11. The van der Waals surface area contributed by atoms with Crippen LogP contribution in [0.25, 0.3) is 10.9 Å². The predicted molar refractivity (Wildman–Crippen MR) is 138 cm³/mol. The largest absolute Gasteiger partial charge is 0.361 e. The van der Waals surface area contributed by atoms with Gasteiger partial charge in [-0.25, -0.2) is 0 Å². The van der Waals surface area contributed by atoms with E-state index in [2.05, 4.69) is 80.9 Å². The molecular weight excluding hydrogens is 442 g/mol. The maximum absolute atomic E-state index is 6.11. The van der Waals surface area contributed by atoms with Crippen molar-refractivity contribution < 1.29 is 0 Å². The topological polar surface area (TPSA) is 22.3 Å². The molecule has 2 saturated heterocycles. The third-order valence-electron chi connectivity index (χ3n) is 6.50. The van der Waals surface area contributed by atoms with Gasteiger partial charge in [-0.1, -0.05) is 48.0 Å². The zero-order valence-electron chi connectivity index (χ0n) is 17.8. The fourth-order valence-corrected chi connectivity index (χ4v) is 8.01. The van der Waals surface area contributed by atoms with Crippen molar-refractivity contribution in [3.63, 3.8) is 0 Å². The summed E-state index contributed by atoms with van der Waals surface area (Å²) in [5.41, 5.74) is 4.02. The number of aromatic nitrogens is 1. The molecule has 0 amide bonds. The van der Waals surface area contributed by atoms with Gasteiger partial charge in [-0.3, -0.25) is 4.90 Å². The van der Waals surface area contributed by atoms with E-state index in [1.165, 1.54) is 60.6 Å². The highest BCUT2D eigenvalue weighted by atomic mass is 35.5. The highest BCUT2D eigenvalue weighted by Gasteiger charge is 2.29. The molecule has 2 aliphatic heterocycles. The number of nitrogens with zero attached hydrogens (tertiary/aromatic N) is 2. The van der Waals surface area contributed by atoms with Gasteiger partial charge in [-0.2, -0.15) is 11.8 Å². The van der Waals surface area contributed by atoms with E-state index in [0.717, 1.165) is 28.8 Å². The van der Waals surface area contributed by atoms with Gasteiger partial charge in [0, 0.05) is 71.6 Å². The Kier molecular flexibility index (Phi) is 7.16. The SMILES string of the molecule is Clc1ccc2c(CCN3CCN(C4CSC(Cc5ccccc5)CS4)CC3)c[nH]c2c1. The third-order valence-corrected chi connectivity index (χ3v) is 9.91. The summed E-state index contributed by atoms with van der Waals surface area (Å²) >= 11 is 10.5. The second-order valence-electron chi connectivity index (χ2n) is 8.56. The Hall–Kier alpha value is -1.11. The fraction of sp³-hybridized carbons (Fsp3) is 0.440. The highest BCUT2D eigenvalue weighted by Crippen LogP contribution is 2.34. The Labute approximate surface area is 198 Å². The van der Waals surface area contributed by atoms with Gasteiger partial charge >= 0.3 is 0 Å². The lowest BCUT2D eigenvalue weighted by atomic mass is 10.1. The maximum Gasteiger partial charge on any atom is 0.0650 e. The highest BCUT2D eigenvalue weighted by molar-refractivity contribution is 8.07. The van der Waals surface area contributed by atoms with Gasteiger partial charge in [0.05, 0.1) is 5.37 Å². The predicted octanol–water partition coefficient (Wildman–Crippen LogP) is 5.40. The summed E-state index contributed by atoms with van der Waals surface area (Å²) in [6.07, 6.45) is 4.45. The van der Waals surface area contributed by atoms with Gasteiger partial charge in [0.25, 0.3) is 0 Å². The van der Waals surface area contributed by atoms with Crippen LogP contribution < -0.4 is 0 Å². The molecule has 2 aliphatic rings. The van der Waals surface area contributed by atoms with Gasteiger partial charge in [0.15, 0.2) is 0 Å². The second-order valence-corrected chi connectivity index (χ2v) is 11.5. The molecule has 2 atom stereocenters. The van der Waals surface area contributed by atoms with Crippen molar-refractivity contribution in [3.05, 3.63) is 70.9 Å². The van der Waals surface area contributed by atoms with Crippen LogP contribution in [0.2, 0.25) is 5.02 Å². The van der Waals surface area contributed by atoms with E-state index in [4.69, 9.17) is 11.6 Å². The number of hydrogen-bond acceptors (Lipinski definition) is 4. The number of benzene rings is 2. The summed E-state index contributed by atoms with van der Waals surface area (Å²) in [7, 11) is 0. The molecule has 31 heavy (non-hydrogen) atoms. The Bertz CT molecular complexity index is 977. The molecule has 2 fully saturated rings. The number of aromatic amines is 1. The molecule has 2 aromatic carbocycles. The van der Waals surface area contributed by atoms with Crippen molar-refractivity contribution in [2.24, 2.45) is 0 Å². The monoisotopic (exact) mass is 471 g/mol. The number of rotatable bonds is 6. The Morgan fingerprint density at radius 3 is 2.58 bits per heavy atom. The Morgan fingerprint density at radius 2 is 1.81 bits per heavy atom. The first kappa shape index (κ1) is 21.7. The van der Waals surface area contributed by atoms with Crippen LogP contribution in [0.5, 0.6) is 0 Å². The summed E-state index contributed by atoms with van der Waals surface area (Å²) in [5, 5.41) is 3.56. The van der Waals surface area contributed by atoms with Crippen molar-refractivity contribution in [2.75, 3.05) is 44.2 Å². The van der Waals surface area contributed by atoms with Gasteiger partial charge < -0.3 is 9.88 Å². The minimum Gasteiger partial charge on any atom is -0.361 e. The lowest BCUT2D eigenvalue weighted by Gasteiger charge is -2.41. The average molecular weight is 472 g/mol. The summed E-state index contributed by atoms with van der Waals surface area (Å²) in [5.74, 6) is 2.54. The van der Waals surface area contributed by atoms with E-state index < -0.39 is 0 Å². The molecule has 2 unspecified atom stereocenters. The minimum absolute atomic E-state index is 0.692. The summed E-state index contributed by atoms with van der Waals surface area (Å²) in [6.45, 7) is 5.90. The van der Waals surface area contributed by atoms with Crippen molar-refractivity contribution in [3.8, 4) is 0 Å². The second kappa shape index (κ2) is 10.2. The molecule has 0 spiro atoms. The van der Waals surface area contributed by atoms with Crippen LogP contribution in [0.1, 0.15) is 11.1 Å². The smallest absolute Gasteiger partial charge is 0.0650 e. The molecule has 0 aliphatic carbocycles.